The van der Waals surface area contributed by atoms with Gasteiger partial charge in [0.15, 0.2) is 0 Å². The first kappa shape index (κ1) is 14.1. The molecule has 4 rings (SSSR count). The third-order valence-electron chi connectivity index (χ3n) is 5.04. The number of benzene rings is 1. The fourth-order valence-electron chi connectivity index (χ4n) is 3.84. The molecular formula is C16H15BrFN3O. The van der Waals surface area contributed by atoms with Gasteiger partial charge in [0.2, 0.25) is 5.91 Å². The number of aromatic nitrogens is 1. The number of fused-ring (bicyclic) bond motifs is 4. The SMILES string of the molecule is CNC1CC2(C1)C(=O)N(C)c1cnc3cc(F)c(Br)cc3c12. The zero-order valence-electron chi connectivity index (χ0n) is 12.3. The van der Waals surface area contributed by atoms with Gasteiger partial charge in [-0.2, -0.15) is 0 Å². The first-order valence-electron chi connectivity index (χ1n) is 7.21. The third-order valence-corrected chi connectivity index (χ3v) is 5.65. The van der Waals surface area contributed by atoms with Crippen molar-refractivity contribution < 1.29 is 9.18 Å². The maximum atomic E-state index is 13.8. The summed E-state index contributed by atoms with van der Waals surface area (Å²) in [7, 11) is 3.70. The van der Waals surface area contributed by atoms with Gasteiger partial charge in [-0.15, -0.1) is 0 Å². The number of pyridine rings is 1. The van der Waals surface area contributed by atoms with Crippen molar-refractivity contribution in [3.05, 3.63) is 34.2 Å². The summed E-state index contributed by atoms with van der Waals surface area (Å²) in [5, 5.41) is 4.09. The normalized spacial score (nSPS) is 26.6. The van der Waals surface area contributed by atoms with Crippen molar-refractivity contribution in [1.29, 1.82) is 0 Å². The number of nitrogens with one attached hydrogen (secondary N) is 1. The Hall–Kier alpha value is -1.53. The minimum absolute atomic E-state index is 0.115. The van der Waals surface area contributed by atoms with E-state index in [-0.39, 0.29) is 11.7 Å². The van der Waals surface area contributed by atoms with Gasteiger partial charge in [0.25, 0.3) is 0 Å². The fourth-order valence-corrected chi connectivity index (χ4v) is 4.18. The van der Waals surface area contributed by atoms with Gasteiger partial charge >= 0.3 is 0 Å². The number of likely N-dealkylation sites (N-methyl/N-ethyl adjacent to an activating group) is 1. The Bertz CT molecular complexity index is 817. The average molecular weight is 364 g/mol. The highest BCUT2D eigenvalue weighted by molar-refractivity contribution is 9.10. The maximum Gasteiger partial charge on any atom is 0.237 e. The molecule has 6 heteroatoms. The highest BCUT2D eigenvalue weighted by atomic mass is 79.9. The Balaban J connectivity index is 2.01. The molecule has 114 valence electrons. The van der Waals surface area contributed by atoms with Crippen LogP contribution in [-0.4, -0.2) is 31.0 Å². The number of rotatable bonds is 1. The molecule has 1 aromatic heterocycles. The number of hydrogen-bond acceptors (Lipinski definition) is 3. The van der Waals surface area contributed by atoms with Crippen LogP contribution >= 0.6 is 15.9 Å². The van der Waals surface area contributed by atoms with Gasteiger partial charge in [-0.3, -0.25) is 9.78 Å². The van der Waals surface area contributed by atoms with E-state index in [9.17, 15) is 9.18 Å². The van der Waals surface area contributed by atoms with Crippen LogP contribution in [-0.2, 0) is 10.2 Å². The summed E-state index contributed by atoms with van der Waals surface area (Å²) in [6.45, 7) is 0. The molecule has 0 bridgehead atoms. The number of carbonyl (C=O) groups excluding carboxylic acids is 1. The monoisotopic (exact) mass is 363 g/mol. The number of carbonyl (C=O) groups is 1. The lowest BCUT2D eigenvalue weighted by molar-refractivity contribution is -0.126. The highest BCUT2D eigenvalue weighted by Gasteiger charge is 2.58. The summed E-state index contributed by atoms with van der Waals surface area (Å²) in [4.78, 5) is 18.8. The van der Waals surface area contributed by atoms with Gasteiger partial charge in [0.1, 0.15) is 5.82 Å². The number of hydrogen-bond donors (Lipinski definition) is 1. The Morgan fingerprint density at radius 2 is 2.18 bits per heavy atom. The van der Waals surface area contributed by atoms with Crippen LogP contribution in [0.1, 0.15) is 18.4 Å². The summed E-state index contributed by atoms with van der Waals surface area (Å²) in [5.41, 5.74) is 1.94. The molecule has 0 unspecified atom stereocenters. The summed E-state index contributed by atoms with van der Waals surface area (Å²) >= 11 is 3.24. The van der Waals surface area contributed by atoms with E-state index in [2.05, 4.69) is 26.2 Å². The van der Waals surface area contributed by atoms with Crippen LogP contribution in [0.15, 0.2) is 22.8 Å². The van der Waals surface area contributed by atoms with Crippen molar-refractivity contribution in [3.63, 3.8) is 0 Å². The van der Waals surface area contributed by atoms with Crippen molar-refractivity contribution in [2.75, 3.05) is 19.0 Å². The van der Waals surface area contributed by atoms with E-state index in [1.807, 2.05) is 7.05 Å². The molecule has 1 aliphatic heterocycles. The first-order chi connectivity index (χ1) is 10.5. The number of nitrogens with zero attached hydrogens (tertiary/aromatic N) is 2. The van der Waals surface area contributed by atoms with Crippen molar-refractivity contribution in [1.82, 2.24) is 10.3 Å². The zero-order valence-corrected chi connectivity index (χ0v) is 13.9. The molecular weight excluding hydrogens is 349 g/mol. The maximum absolute atomic E-state index is 13.8. The minimum atomic E-state index is -0.490. The van der Waals surface area contributed by atoms with Gasteiger partial charge in [-0.05, 0) is 41.9 Å². The van der Waals surface area contributed by atoms with E-state index in [1.54, 1.807) is 24.2 Å². The van der Waals surface area contributed by atoms with E-state index in [4.69, 9.17) is 0 Å². The molecule has 2 aliphatic rings. The molecule has 1 amide bonds. The first-order valence-corrected chi connectivity index (χ1v) is 8.01. The predicted molar refractivity (Wildman–Crippen MR) is 86.6 cm³/mol. The number of amides is 1. The van der Waals surface area contributed by atoms with Crippen LogP contribution in [0.4, 0.5) is 10.1 Å². The second kappa shape index (κ2) is 4.49. The summed E-state index contributed by atoms with van der Waals surface area (Å²) in [5.74, 6) is -0.225. The van der Waals surface area contributed by atoms with Gasteiger partial charge < -0.3 is 10.2 Å². The van der Waals surface area contributed by atoms with Gasteiger partial charge in [0, 0.05) is 30.1 Å². The molecule has 0 radical (unpaired) electrons. The smallest absolute Gasteiger partial charge is 0.237 e. The van der Waals surface area contributed by atoms with E-state index in [0.29, 0.717) is 16.0 Å². The van der Waals surface area contributed by atoms with E-state index in [0.717, 1.165) is 29.5 Å². The fraction of sp³-hybridized carbons (Fsp3) is 0.375. The lowest BCUT2D eigenvalue weighted by atomic mass is 9.61. The van der Waals surface area contributed by atoms with Crippen molar-refractivity contribution in [3.8, 4) is 0 Å². The molecule has 1 aliphatic carbocycles. The topological polar surface area (TPSA) is 45.2 Å². The van der Waals surface area contributed by atoms with E-state index < -0.39 is 5.41 Å². The third kappa shape index (κ3) is 1.59. The zero-order chi connectivity index (χ0) is 15.6. The lowest BCUT2D eigenvalue weighted by Gasteiger charge is -2.44. The summed E-state index contributed by atoms with van der Waals surface area (Å²) in [6, 6.07) is 3.51. The van der Waals surface area contributed by atoms with Crippen LogP contribution in [0.2, 0.25) is 0 Å². The van der Waals surface area contributed by atoms with Gasteiger partial charge in [-0.25, -0.2) is 4.39 Å². The summed E-state index contributed by atoms with van der Waals surface area (Å²) < 4.78 is 14.2. The second-order valence-electron chi connectivity index (χ2n) is 6.14. The second-order valence-corrected chi connectivity index (χ2v) is 7.00. The molecule has 1 spiro atoms. The van der Waals surface area contributed by atoms with Gasteiger partial charge in [-0.1, -0.05) is 0 Å². The quantitative estimate of drug-likeness (QED) is 0.847. The van der Waals surface area contributed by atoms with E-state index in [1.165, 1.54) is 6.07 Å². The van der Waals surface area contributed by atoms with Crippen LogP contribution in [0.3, 0.4) is 0 Å². The standard InChI is InChI=1S/C16H15BrFN3O/c1-19-8-5-16(6-8)14-9-3-10(17)11(18)4-12(9)20-7-13(14)21(2)15(16)22/h3-4,7-8,19H,5-6H2,1-2H3. The molecule has 0 atom stereocenters. The molecule has 0 saturated heterocycles. The highest BCUT2D eigenvalue weighted by Crippen LogP contribution is 2.55. The molecule has 1 N–H and O–H groups in total. The number of halogens is 2. The van der Waals surface area contributed by atoms with Crippen LogP contribution < -0.4 is 10.2 Å². The Morgan fingerprint density at radius 3 is 2.86 bits per heavy atom. The molecule has 2 heterocycles. The molecule has 1 fully saturated rings. The average Bonchev–Trinajstić information content (AvgIpc) is 2.68. The molecule has 1 aromatic carbocycles. The molecule has 4 nitrogen and oxygen atoms in total. The molecule has 1 saturated carbocycles. The molecule has 2 aromatic rings. The number of anilines is 1. The summed E-state index contributed by atoms with van der Waals surface area (Å²) in [6.07, 6.45) is 3.23. The molecule has 22 heavy (non-hydrogen) atoms. The Kier molecular flexibility index (Phi) is 2.87. The van der Waals surface area contributed by atoms with Crippen LogP contribution in [0.5, 0.6) is 0 Å². The predicted octanol–water partition coefficient (Wildman–Crippen LogP) is 2.73. The van der Waals surface area contributed by atoms with Crippen molar-refractivity contribution >= 4 is 38.4 Å². The lowest BCUT2D eigenvalue weighted by Crippen LogP contribution is -2.55. The van der Waals surface area contributed by atoms with Gasteiger partial charge in [0.05, 0.1) is 27.3 Å². The van der Waals surface area contributed by atoms with E-state index >= 15 is 0 Å². The minimum Gasteiger partial charge on any atom is -0.317 e. The largest absolute Gasteiger partial charge is 0.317 e. The van der Waals surface area contributed by atoms with Crippen LogP contribution in [0.25, 0.3) is 10.9 Å². The Morgan fingerprint density at radius 1 is 1.45 bits per heavy atom. The van der Waals surface area contributed by atoms with Crippen molar-refractivity contribution in [2.45, 2.75) is 24.3 Å². The van der Waals surface area contributed by atoms with Crippen molar-refractivity contribution in [2.24, 2.45) is 0 Å². The van der Waals surface area contributed by atoms with Crippen LogP contribution in [0, 0.1) is 5.82 Å². The Labute approximate surface area is 135 Å².